The van der Waals surface area contributed by atoms with Crippen LogP contribution < -0.4 is 0 Å². The monoisotopic (exact) mass is 250 g/mol. The minimum atomic E-state index is 0.0198. The summed E-state index contributed by atoms with van der Waals surface area (Å²) in [5.74, 6) is 0.237. The first-order valence-corrected chi connectivity index (χ1v) is 6.02. The summed E-state index contributed by atoms with van der Waals surface area (Å²) in [5.41, 5.74) is 0.997. The number of hydrogen-bond donors (Lipinski definition) is 1. The Kier molecular flexibility index (Phi) is 4.04. The van der Waals surface area contributed by atoms with Gasteiger partial charge in [-0.25, -0.2) is 4.79 Å². The summed E-state index contributed by atoms with van der Waals surface area (Å²) in [6.07, 6.45) is 0. The van der Waals surface area contributed by atoms with Crippen LogP contribution in [0.5, 0.6) is 5.75 Å². The van der Waals surface area contributed by atoms with Crippen molar-refractivity contribution >= 4 is 6.03 Å². The summed E-state index contributed by atoms with van der Waals surface area (Å²) < 4.78 is 5.22. The lowest BCUT2D eigenvalue weighted by Crippen LogP contribution is -2.46. The quantitative estimate of drug-likeness (QED) is 0.860. The van der Waals surface area contributed by atoms with E-state index >= 15 is 0 Å². The molecule has 0 radical (unpaired) electrons. The number of phenolic OH excluding ortho intramolecular Hbond substituents is 1. The van der Waals surface area contributed by atoms with Crippen molar-refractivity contribution in [3.63, 3.8) is 0 Å². The van der Waals surface area contributed by atoms with Gasteiger partial charge in [-0.15, -0.1) is 0 Å². The first kappa shape index (κ1) is 12.7. The summed E-state index contributed by atoms with van der Waals surface area (Å²) in [6, 6.07) is 6.91. The van der Waals surface area contributed by atoms with Gasteiger partial charge in [0, 0.05) is 26.7 Å². The summed E-state index contributed by atoms with van der Waals surface area (Å²) >= 11 is 0. The first-order chi connectivity index (χ1) is 8.66. The molecule has 0 spiro atoms. The molecule has 5 heteroatoms. The normalized spacial score (nSPS) is 15.5. The van der Waals surface area contributed by atoms with E-state index in [4.69, 9.17) is 4.74 Å². The van der Waals surface area contributed by atoms with Gasteiger partial charge in [0.2, 0.25) is 0 Å². The number of morpholine rings is 1. The van der Waals surface area contributed by atoms with Crippen molar-refractivity contribution in [2.45, 2.75) is 6.54 Å². The van der Waals surface area contributed by atoms with Crippen molar-refractivity contribution < 1.29 is 14.6 Å². The molecule has 2 rings (SSSR count). The number of ether oxygens (including phenoxy) is 1. The van der Waals surface area contributed by atoms with Crippen molar-refractivity contribution in [3.8, 4) is 5.75 Å². The third-order valence-electron chi connectivity index (χ3n) is 2.96. The van der Waals surface area contributed by atoms with E-state index in [9.17, 15) is 9.90 Å². The Morgan fingerprint density at radius 1 is 1.33 bits per heavy atom. The Bertz CT molecular complexity index is 399. The fourth-order valence-electron chi connectivity index (χ4n) is 1.94. The molecule has 1 heterocycles. The summed E-state index contributed by atoms with van der Waals surface area (Å²) in [6.45, 7) is 3.06. The minimum absolute atomic E-state index is 0.0198. The molecule has 0 saturated carbocycles. The molecule has 1 N–H and O–H groups in total. The molecule has 0 unspecified atom stereocenters. The van der Waals surface area contributed by atoms with Crippen LogP contribution in [0.25, 0.3) is 0 Å². The van der Waals surface area contributed by atoms with E-state index in [1.165, 1.54) is 0 Å². The topological polar surface area (TPSA) is 53.0 Å². The number of benzene rings is 1. The lowest BCUT2D eigenvalue weighted by atomic mass is 10.2. The smallest absolute Gasteiger partial charge is 0.320 e. The van der Waals surface area contributed by atoms with Crippen LogP contribution in [0.2, 0.25) is 0 Å². The number of rotatable bonds is 2. The summed E-state index contributed by atoms with van der Waals surface area (Å²) in [7, 11) is 1.78. The number of carbonyl (C=O) groups excluding carboxylic acids is 1. The van der Waals surface area contributed by atoms with Crippen LogP contribution in [0, 0.1) is 0 Å². The average molecular weight is 250 g/mol. The highest BCUT2D eigenvalue weighted by molar-refractivity contribution is 5.74. The molecule has 1 fully saturated rings. The Hall–Kier alpha value is -1.75. The molecular formula is C13H18N2O3. The zero-order valence-corrected chi connectivity index (χ0v) is 10.5. The molecule has 1 aliphatic heterocycles. The molecule has 5 nitrogen and oxygen atoms in total. The van der Waals surface area contributed by atoms with Gasteiger partial charge in [-0.2, -0.15) is 0 Å². The Morgan fingerprint density at radius 3 is 2.56 bits per heavy atom. The largest absolute Gasteiger partial charge is 0.508 e. The maximum Gasteiger partial charge on any atom is 0.320 e. The van der Waals surface area contributed by atoms with Crippen molar-refractivity contribution in [2.24, 2.45) is 0 Å². The van der Waals surface area contributed by atoms with Crippen LogP contribution in [0.4, 0.5) is 4.79 Å². The summed E-state index contributed by atoms with van der Waals surface area (Å²) in [5, 5.41) is 9.20. The van der Waals surface area contributed by atoms with E-state index in [1.54, 1.807) is 29.0 Å². The third kappa shape index (κ3) is 3.13. The Labute approximate surface area is 107 Å². The van der Waals surface area contributed by atoms with Crippen LogP contribution in [0.3, 0.4) is 0 Å². The number of nitrogens with zero attached hydrogens (tertiary/aromatic N) is 2. The number of hydrogen-bond acceptors (Lipinski definition) is 3. The van der Waals surface area contributed by atoms with Crippen molar-refractivity contribution in [3.05, 3.63) is 29.8 Å². The van der Waals surface area contributed by atoms with Crippen LogP contribution in [0.15, 0.2) is 24.3 Å². The second-order valence-electron chi connectivity index (χ2n) is 4.40. The number of aromatic hydroxyl groups is 1. The van der Waals surface area contributed by atoms with Crippen molar-refractivity contribution in [1.82, 2.24) is 9.80 Å². The number of urea groups is 1. The zero-order valence-electron chi connectivity index (χ0n) is 10.5. The van der Waals surface area contributed by atoms with Gasteiger partial charge >= 0.3 is 6.03 Å². The van der Waals surface area contributed by atoms with E-state index < -0.39 is 0 Å². The first-order valence-electron chi connectivity index (χ1n) is 6.02. The number of carbonyl (C=O) groups is 1. The van der Waals surface area contributed by atoms with Crippen molar-refractivity contribution in [1.29, 1.82) is 0 Å². The predicted molar refractivity (Wildman–Crippen MR) is 67.4 cm³/mol. The van der Waals surface area contributed by atoms with Gasteiger partial charge in [-0.05, 0) is 17.7 Å². The van der Waals surface area contributed by atoms with Gasteiger partial charge in [0.15, 0.2) is 0 Å². The molecular weight excluding hydrogens is 232 g/mol. The molecule has 18 heavy (non-hydrogen) atoms. The summed E-state index contributed by atoms with van der Waals surface area (Å²) in [4.78, 5) is 15.6. The predicted octanol–water partition coefficient (Wildman–Crippen LogP) is 1.28. The minimum Gasteiger partial charge on any atom is -0.508 e. The highest BCUT2D eigenvalue weighted by Crippen LogP contribution is 2.12. The van der Waals surface area contributed by atoms with Gasteiger partial charge < -0.3 is 19.6 Å². The molecule has 1 aromatic carbocycles. The van der Waals surface area contributed by atoms with E-state index in [0.29, 0.717) is 32.8 Å². The fraction of sp³-hybridized carbons (Fsp3) is 0.462. The van der Waals surface area contributed by atoms with E-state index in [-0.39, 0.29) is 11.8 Å². The highest BCUT2D eigenvalue weighted by atomic mass is 16.5. The van der Waals surface area contributed by atoms with E-state index in [2.05, 4.69) is 0 Å². The average Bonchev–Trinajstić information content (AvgIpc) is 2.41. The standard InChI is InChI=1S/C13H18N2O3/c1-14(10-11-2-4-12(16)5-3-11)13(17)15-6-8-18-9-7-15/h2-5,16H,6-10H2,1H3. The molecule has 0 aromatic heterocycles. The maximum atomic E-state index is 12.1. The second kappa shape index (κ2) is 5.73. The van der Waals surface area contributed by atoms with Gasteiger partial charge in [0.1, 0.15) is 5.75 Å². The van der Waals surface area contributed by atoms with Crippen LogP contribution in [-0.4, -0.2) is 54.3 Å². The molecule has 98 valence electrons. The van der Waals surface area contributed by atoms with E-state index in [1.807, 2.05) is 12.1 Å². The van der Waals surface area contributed by atoms with Gasteiger partial charge in [-0.1, -0.05) is 12.1 Å². The second-order valence-corrected chi connectivity index (χ2v) is 4.40. The van der Waals surface area contributed by atoms with Crippen LogP contribution in [0.1, 0.15) is 5.56 Å². The Morgan fingerprint density at radius 2 is 1.94 bits per heavy atom. The van der Waals surface area contributed by atoms with Crippen LogP contribution in [-0.2, 0) is 11.3 Å². The lowest BCUT2D eigenvalue weighted by molar-refractivity contribution is 0.0448. The molecule has 1 saturated heterocycles. The SMILES string of the molecule is CN(Cc1ccc(O)cc1)C(=O)N1CCOCC1. The van der Waals surface area contributed by atoms with Gasteiger partial charge in [-0.3, -0.25) is 0 Å². The molecule has 1 aromatic rings. The number of phenols is 1. The Balaban J connectivity index is 1.92. The van der Waals surface area contributed by atoms with Gasteiger partial charge in [0.25, 0.3) is 0 Å². The zero-order chi connectivity index (χ0) is 13.0. The third-order valence-corrected chi connectivity index (χ3v) is 2.96. The molecule has 1 aliphatic rings. The molecule has 0 aliphatic carbocycles. The highest BCUT2D eigenvalue weighted by Gasteiger charge is 2.20. The van der Waals surface area contributed by atoms with Gasteiger partial charge in [0.05, 0.1) is 13.2 Å². The number of amides is 2. The fourth-order valence-corrected chi connectivity index (χ4v) is 1.94. The van der Waals surface area contributed by atoms with Crippen LogP contribution >= 0.6 is 0 Å². The van der Waals surface area contributed by atoms with Crippen molar-refractivity contribution in [2.75, 3.05) is 33.4 Å². The molecule has 2 amide bonds. The van der Waals surface area contributed by atoms with E-state index in [0.717, 1.165) is 5.56 Å². The maximum absolute atomic E-state index is 12.1. The molecule has 0 atom stereocenters. The molecule has 0 bridgehead atoms. The lowest BCUT2D eigenvalue weighted by Gasteiger charge is -2.31.